The SMILES string of the molecule is Cc1cc(C)cc(-c2nnc(SCc3csc(Cc4ccccc4)n3)o2)c1. The first-order chi connectivity index (χ1) is 13.2. The van der Waals surface area contributed by atoms with Gasteiger partial charge in [0.05, 0.1) is 10.7 Å². The van der Waals surface area contributed by atoms with E-state index < -0.39 is 0 Å². The Bertz CT molecular complexity index is 1020. The van der Waals surface area contributed by atoms with Gasteiger partial charge in [0.15, 0.2) is 0 Å². The Hall–Kier alpha value is -2.44. The van der Waals surface area contributed by atoms with Gasteiger partial charge in [-0.1, -0.05) is 59.3 Å². The average molecular weight is 394 g/mol. The molecule has 0 atom stereocenters. The molecule has 2 aromatic heterocycles. The van der Waals surface area contributed by atoms with Gasteiger partial charge in [-0.25, -0.2) is 4.98 Å². The predicted molar refractivity (Wildman–Crippen MR) is 110 cm³/mol. The molecule has 0 spiro atoms. The number of aromatic nitrogens is 3. The van der Waals surface area contributed by atoms with Crippen molar-refractivity contribution in [2.45, 2.75) is 31.2 Å². The van der Waals surface area contributed by atoms with E-state index in [2.05, 4.69) is 71.9 Å². The number of aryl methyl sites for hydroxylation is 2. The van der Waals surface area contributed by atoms with Crippen LogP contribution in [0.1, 0.15) is 27.4 Å². The van der Waals surface area contributed by atoms with Gasteiger partial charge in [0.1, 0.15) is 0 Å². The molecular formula is C21H19N3OS2. The summed E-state index contributed by atoms with van der Waals surface area (Å²) in [5, 5.41) is 12.1. The van der Waals surface area contributed by atoms with E-state index in [1.54, 1.807) is 11.3 Å². The fourth-order valence-corrected chi connectivity index (χ4v) is 4.47. The Morgan fingerprint density at radius 1 is 1.00 bits per heavy atom. The highest BCUT2D eigenvalue weighted by atomic mass is 32.2. The van der Waals surface area contributed by atoms with E-state index in [4.69, 9.17) is 9.40 Å². The number of hydrogen-bond acceptors (Lipinski definition) is 6. The Morgan fingerprint density at radius 3 is 2.56 bits per heavy atom. The molecule has 0 saturated carbocycles. The van der Waals surface area contributed by atoms with Crippen LogP contribution in [-0.4, -0.2) is 15.2 Å². The van der Waals surface area contributed by atoms with E-state index in [9.17, 15) is 0 Å². The second-order valence-electron chi connectivity index (χ2n) is 6.43. The monoisotopic (exact) mass is 393 g/mol. The van der Waals surface area contributed by atoms with Crippen LogP contribution in [-0.2, 0) is 12.2 Å². The second-order valence-corrected chi connectivity index (χ2v) is 8.30. The van der Waals surface area contributed by atoms with E-state index in [1.807, 2.05) is 6.07 Å². The molecule has 0 fully saturated rings. The first kappa shape index (κ1) is 17.9. The zero-order valence-electron chi connectivity index (χ0n) is 15.2. The Morgan fingerprint density at radius 2 is 1.78 bits per heavy atom. The maximum Gasteiger partial charge on any atom is 0.277 e. The third-order valence-electron chi connectivity index (χ3n) is 4.02. The van der Waals surface area contributed by atoms with Crippen molar-refractivity contribution < 1.29 is 4.42 Å². The highest BCUT2D eigenvalue weighted by Crippen LogP contribution is 2.27. The summed E-state index contributed by atoms with van der Waals surface area (Å²) >= 11 is 3.21. The smallest absolute Gasteiger partial charge is 0.277 e. The number of thioether (sulfide) groups is 1. The number of rotatable bonds is 6. The van der Waals surface area contributed by atoms with Gasteiger partial charge in [0.2, 0.25) is 5.89 Å². The molecule has 0 bridgehead atoms. The summed E-state index contributed by atoms with van der Waals surface area (Å²) in [7, 11) is 0. The van der Waals surface area contributed by atoms with Gasteiger partial charge in [-0.15, -0.1) is 21.5 Å². The van der Waals surface area contributed by atoms with Crippen LogP contribution in [0, 0.1) is 13.8 Å². The highest BCUT2D eigenvalue weighted by Gasteiger charge is 2.11. The van der Waals surface area contributed by atoms with Crippen LogP contribution in [0.3, 0.4) is 0 Å². The minimum absolute atomic E-state index is 0.562. The molecule has 6 heteroatoms. The lowest BCUT2D eigenvalue weighted by Crippen LogP contribution is -1.88. The molecule has 0 aliphatic heterocycles. The van der Waals surface area contributed by atoms with Crippen LogP contribution in [0.15, 0.2) is 63.6 Å². The third-order valence-corrected chi connectivity index (χ3v) is 5.77. The molecule has 0 aliphatic carbocycles. The van der Waals surface area contributed by atoms with E-state index in [1.165, 1.54) is 28.5 Å². The van der Waals surface area contributed by atoms with Gasteiger partial charge in [0, 0.05) is 23.1 Å². The number of benzene rings is 2. The number of hydrogen-bond donors (Lipinski definition) is 0. The summed E-state index contributed by atoms with van der Waals surface area (Å²) in [5.74, 6) is 1.28. The molecule has 2 heterocycles. The molecule has 136 valence electrons. The van der Waals surface area contributed by atoms with Crippen molar-refractivity contribution in [3.63, 3.8) is 0 Å². The lowest BCUT2D eigenvalue weighted by molar-refractivity contribution is 0.465. The summed E-state index contributed by atoms with van der Waals surface area (Å²) in [6, 6.07) is 16.7. The lowest BCUT2D eigenvalue weighted by atomic mass is 10.1. The molecule has 0 saturated heterocycles. The standard InChI is InChI=1S/C21H19N3OS2/c1-14-8-15(2)10-17(9-14)20-23-24-21(25-20)27-13-18-12-26-19(22-18)11-16-6-4-3-5-7-16/h3-10,12H,11,13H2,1-2H3. The summed E-state index contributed by atoms with van der Waals surface area (Å²) in [6.45, 7) is 4.13. The zero-order valence-corrected chi connectivity index (χ0v) is 16.8. The normalized spacial score (nSPS) is 11.0. The van der Waals surface area contributed by atoms with Crippen molar-refractivity contribution in [1.82, 2.24) is 15.2 Å². The van der Waals surface area contributed by atoms with Crippen molar-refractivity contribution in [1.29, 1.82) is 0 Å². The van der Waals surface area contributed by atoms with Crippen molar-refractivity contribution in [2.24, 2.45) is 0 Å². The van der Waals surface area contributed by atoms with Crippen molar-refractivity contribution in [3.8, 4) is 11.5 Å². The van der Waals surface area contributed by atoms with Gasteiger partial charge in [-0.05, 0) is 31.5 Å². The van der Waals surface area contributed by atoms with E-state index >= 15 is 0 Å². The average Bonchev–Trinajstić information content (AvgIpc) is 3.29. The van der Waals surface area contributed by atoms with Crippen molar-refractivity contribution >= 4 is 23.1 Å². The first-order valence-corrected chi connectivity index (χ1v) is 10.5. The van der Waals surface area contributed by atoms with Gasteiger partial charge >= 0.3 is 0 Å². The van der Waals surface area contributed by atoms with Gasteiger partial charge in [0.25, 0.3) is 5.22 Å². The maximum atomic E-state index is 5.82. The largest absolute Gasteiger partial charge is 0.411 e. The quantitative estimate of drug-likeness (QED) is 0.394. The fourth-order valence-electron chi connectivity index (χ4n) is 2.89. The molecule has 0 unspecified atom stereocenters. The van der Waals surface area contributed by atoms with E-state index in [0.717, 1.165) is 28.4 Å². The molecule has 4 aromatic rings. The molecule has 27 heavy (non-hydrogen) atoms. The van der Waals surface area contributed by atoms with Gasteiger partial charge in [-0.3, -0.25) is 0 Å². The molecule has 2 aromatic carbocycles. The van der Waals surface area contributed by atoms with Crippen LogP contribution >= 0.6 is 23.1 Å². The fraction of sp³-hybridized carbons (Fsp3) is 0.190. The van der Waals surface area contributed by atoms with Crippen LogP contribution in [0.25, 0.3) is 11.5 Å². The first-order valence-electron chi connectivity index (χ1n) is 8.68. The Balaban J connectivity index is 1.39. The van der Waals surface area contributed by atoms with Crippen LogP contribution in [0.5, 0.6) is 0 Å². The van der Waals surface area contributed by atoms with Crippen LogP contribution < -0.4 is 0 Å². The predicted octanol–water partition coefficient (Wildman–Crippen LogP) is 5.69. The van der Waals surface area contributed by atoms with Crippen molar-refractivity contribution in [2.75, 3.05) is 0 Å². The zero-order chi connectivity index (χ0) is 18.6. The second kappa shape index (κ2) is 8.06. The molecule has 0 amide bonds. The Kier molecular flexibility index (Phi) is 5.36. The van der Waals surface area contributed by atoms with E-state index in [0.29, 0.717) is 11.1 Å². The molecule has 4 rings (SSSR count). The topological polar surface area (TPSA) is 51.8 Å². The third kappa shape index (κ3) is 4.64. The minimum atomic E-state index is 0.562. The molecule has 0 N–H and O–H groups in total. The number of nitrogens with zero attached hydrogens (tertiary/aromatic N) is 3. The van der Waals surface area contributed by atoms with E-state index in [-0.39, 0.29) is 0 Å². The van der Waals surface area contributed by atoms with Gasteiger partial charge in [-0.2, -0.15) is 0 Å². The van der Waals surface area contributed by atoms with Crippen LogP contribution in [0.4, 0.5) is 0 Å². The minimum Gasteiger partial charge on any atom is -0.411 e. The maximum absolute atomic E-state index is 5.82. The number of thiazole rings is 1. The highest BCUT2D eigenvalue weighted by molar-refractivity contribution is 7.98. The Labute approximate surface area is 166 Å². The summed E-state index contributed by atoms with van der Waals surface area (Å²) in [5.41, 5.74) is 5.66. The summed E-state index contributed by atoms with van der Waals surface area (Å²) < 4.78 is 5.82. The van der Waals surface area contributed by atoms with Crippen molar-refractivity contribution in [3.05, 3.63) is 81.3 Å². The molecule has 4 nitrogen and oxygen atoms in total. The molecule has 0 radical (unpaired) electrons. The van der Waals surface area contributed by atoms with Crippen LogP contribution in [0.2, 0.25) is 0 Å². The summed E-state index contributed by atoms with van der Waals surface area (Å²) in [6.07, 6.45) is 0.869. The molecular weight excluding hydrogens is 374 g/mol. The lowest BCUT2D eigenvalue weighted by Gasteiger charge is -2.00. The molecule has 0 aliphatic rings. The summed E-state index contributed by atoms with van der Waals surface area (Å²) in [4.78, 5) is 4.72. The van der Waals surface area contributed by atoms with Gasteiger partial charge < -0.3 is 4.42 Å².